The molecule has 0 aliphatic heterocycles. The molecule has 0 unspecified atom stereocenters. The zero-order valence-corrected chi connectivity index (χ0v) is 14.1. The molecule has 2 aromatic carbocycles. The molecule has 1 aliphatic rings. The van der Waals surface area contributed by atoms with E-state index < -0.39 is 0 Å². The van der Waals surface area contributed by atoms with Gasteiger partial charge in [0.25, 0.3) is 0 Å². The van der Waals surface area contributed by atoms with Crippen molar-refractivity contribution in [3.63, 3.8) is 0 Å². The molecule has 0 saturated heterocycles. The molecular formula is C22H24N2. The van der Waals surface area contributed by atoms with Crippen LogP contribution in [0.2, 0.25) is 0 Å². The number of imidazole rings is 1. The van der Waals surface area contributed by atoms with E-state index in [-0.39, 0.29) is 0 Å². The largest absolute Gasteiger partial charge is 0.327 e. The highest BCUT2D eigenvalue weighted by molar-refractivity contribution is 5.78. The summed E-state index contributed by atoms with van der Waals surface area (Å²) in [6.45, 7) is 0. The fourth-order valence-corrected chi connectivity index (χ4v) is 3.86. The van der Waals surface area contributed by atoms with E-state index in [1.807, 2.05) is 0 Å². The summed E-state index contributed by atoms with van der Waals surface area (Å²) in [5.74, 6) is 0. The predicted molar refractivity (Wildman–Crippen MR) is 99.8 cm³/mol. The fourth-order valence-electron chi connectivity index (χ4n) is 3.86. The highest BCUT2D eigenvalue weighted by Gasteiger charge is 2.21. The van der Waals surface area contributed by atoms with Crippen molar-refractivity contribution in [2.75, 3.05) is 0 Å². The zero-order valence-electron chi connectivity index (χ0n) is 14.1. The Hall–Kier alpha value is -2.35. The molecule has 0 spiro atoms. The first-order chi connectivity index (χ1) is 11.9. The van der Waals surface area contributed by atoms with Gasteiger partial charge in [0, 0.05) is 17.2 Å². The molecule has 1 saturated carbocycles. The molecule has 0 radical (unpaired) electrons. The van der Waals surface area contributed by atoms with Crippen LogP contribution in [0.25, 0.3) is 22.5 Å². The summed E-state index contributed by atoms with van der Waals surface area (Å²) in [7, 11) is 0. The molecule has 0 N–H and O–H groups in total. The molecule has 0 bridgehead atoms. The van der Waals surface area contributed by atoms with E-state index in [1.165, 1.54) is 55.3 Å². The monoisotopic (exact) mass is 316 g/mol. The van der Waals surface area contributed by atoms with Crippen molar-refractivity contribution in [2.24, 2.45) is 0 Å². The first-order valence-electron chi connectivity index (χ1n) is 9.11. The summed E-state index contributed by atoms with van der Waals surface area (Å²) in [6, 6.07) is 21.9. The Kier molecular flexibility index (Phi) is 4.46. The zero-order chi connectivity index (χ0) is 16.2. The van der Waals surface area contributed by atoms with Crippen molar-refractivity contribution in [1.29, 1.82) is 0 Å². The smallest absolute Gasteiger partial charge is 0.0963 e. The van der Waals surface area contributed by atoms with Crippen LogP contribution < -0.4 is 0 Å². The van der Waals surface area contributed by atoms with Crippen LogP contribution >= 0.6 is 0 Å². The average Bonchev–Trinajstić information content (AvgIpc) is 2.91. The third kappa shape index (κ3) is 3.01. The van der Waals surface area contributed by atoms with Crippen LogP contribution in [0.5, 0.6) is 0 Å². The Labute approximate surface area is 144 Å². The minimum atomic E-state index is 0.577. The summed E-state index contributed by atoms with van der Waals surface area (Å²) in [5.41, 5.74) is 4.83. The van der Waals surface area contributed by atoms with Crippen LogP contribution in [0.1, 0.15) is 44.6 Å². The van der Waals surface area contributed by atoms with Crippen LogP contribution in [0, 0.1) is 0 Å². The molecule has 1 fully saturated rings. The Morgan fingerprint density at radius 1 is 0.708 bits per heavy atom. The molecule has 2 heteroatoms. The first kappa shape index (κ1) is 15.2. The lowest BCUT2D eigenvalue weighted by molar-refractivity contribution is 0.447. The number of hydrogen-bond donors (Lipinski definition) is 0. The van der Waals surface area contributed by atoms with Gasteiger partial charge in [-0.2, -0.15) is 0 Å². The van der Waals surface area contributed by atoms with Gasteiger partial charge in [-0.3, -0.25) is 0 Å². The number of benzene rings is 2. The topological polar surface area (TPSA) is 17.8 Å². The molecule has 4 rings (SSSR count). The average molecular weight is 316 g/mol. The van der Waals surface area contributed by atoms with Crippen molar-refractivity contribution in [3.05, 3.63) is 67.0 Å². The van der Waals surface area contributed by atoms with Gasteiger partial charge in [0.2, 0.25) is 0 Å². The summed E-state index contributed by atoms with van der Waals surface area (Å²) in [6.07, 6.45) is 10.0. The maximum absolute atomic E-state index is 4.83. The van der Waals surface area contributed by atoms with E-state index in [9.17, 15) is 0 Å². The first-order valence-corrected chi connectivity index (χ1v) is 9.11. The Bertz CT molecular complexity index is 766. The normalized spacial score (nSPS) is 16.0. The van der Waals surface area contributed by atoms with Gasteiger partial charge in [-0.05, 0) is 12.8 Å². The number of nitrogens with zero attached hydrogens (tertiary/aromatic N) is 2. The molecule has 1 heterocycles. The summed E-state index contributed by atoms with van der Waals surface area (Å²) in [5, 5.41) is 0. The second-order valence-electron chi connectivity index (χ2n) is 6.73. The second-order valence-corrected chi connectivity index (χ2v) is 6.73. The Balaban J connectivity index is 1.84. The standard InChI is InChI=1S/C22H24N2/c1-2-10-16-20(15-9-1)24-17-23-21(18-11-5-3-6-12-18)22(24)19-13-7-4-8-14-19/h3-8,11-14,17,20H,1-2,9-10,15-16H2. The van der Waals surface area contributed by atoms with Crippen molar-refractivity contribution in [3.8, 4) is 22.5 Å². The van der Waals surface area contributed by atoms with E-state index in [0.717, 1.165) is 5.69 Å². The lowest BCUT2D eigenvalue weighted by atomic mass is 10.0. The quantitative estimate of drug-likeness (QED) is 0.533. The fraction of sp³-hybridized carbons (Fsp3) is 0.318. The number of aromatic nitrogens is 2. The third-order valence-corrected chi connectivity index (χ3v) is 5.11. The molecule has 2 nitrogen and oxygen atoms in total. The van der Waals surface area contributed by atoms with Crippen molar-refractivity contribution in [1.82, 2.24) is 9.55 Å². The number of hydrogen-bond acceptors (Lipinski definition) is 1. The van der Waals surface area contributed by atoms with Gasteiger partial charge >= 0.3 is 0 Å². The summed E-state index contributed by atoms with van der Waals surface area (Å²) in [4.78, 5) is 4.83. The predicted octanol–water partition coefficient (Wildman–Crippen LogP) is 6.11. The molecule has 122 valence electrons. The third-order valence-electron chi connectivity index (χ3n) is 5.11. The van der Waals surface area contributed by atoms with Gasteiger partial charge in [-0.1, -0.05) is 86.3 Å². The van der Waals surface area contributed by atoms with Crippen LogP contribution in [0.4, 0.5) is 0 Å². The van der Waals surface area contributed by atoms with Crippen LogP contribution in [-0.4, -0.2) is 9.55 Å². The lowest BCUT2D eigenvalue weighted by Gasteiger charge is -2.20. The van der Waals surface area contributed by atoms with Crippen molar-refractivity contribution >= 4 is 0 Å². The molecule has 1 aliphatic carbocycles. The van der Waals surface area contributed by atoms with Gasteiger partial charge in [-0.25, -0.2) is 4.98 Å². The Morgan fingerprint density at radius 2 is 1.29 bits per heavy atom. The van der Waals surface area contributed by atoms with Crippen LogP contribution in [0.3, 0.4) is 0 Å². The van der Waals surface area contributed by atoms with E-state index in [2.05, 4.69) is 71.6 Å². The highest BCUT2D eigenvalue weighted by atomic mass is 15.1. The van der Waals surface area contributed by atoms with Gasteiger partial charge in [0.15, 0.2) is 0 Å². The van der Waals surface area contributed by atoms with Crippen molar-refractivity contribution < 1.29 is 0 Å². The molecule has 3 aromatic rings. The van der Waals surface area contributed by atoms with Gasteiger partial charge in [-0.15, -0.1) is 0 Å². The Morgan fingerprint density at radius 3 is 1.92 bits per heavy atom. The van der Waals surface area contributed by atoms with Gasteiger partial charge in [0.05, 0.1) is 17.7 Å². The maximum Gasteiger partial charge on any atom is 0.0963 e. The van der Waals surface area contributed by atoms with Crippen molar-refractivity contribution in [2.45, 2.75) is 44.6 Å². The molecule has 24 heavy (non-hydrogen) atoms. The minimum absolute atomic E-state index is 0.577. The van der Waals surface area contributed by atoms with Crippen LogP contribution in [0.15, 0.2) is 67.0 Å². The van der Waals surface area contributed by atoms with E-state index in [1.54, 1.807) is 0 Å². The molecule has 1 aromatic heterocycles. The molecule has 0 atom stereocenters. The van der Waals surface area contributed by atoms with E-state index >= 15 is 0 Å². The molecule has 0 amide bonds. The summed E-state index contributed by atoms with van der Waals surface area (Å²) < 4.78 is 2.45. The van der Waals surface area contributed by atoms with Crippen LogP contribution in [-0.2, 0) is 0 Å². The van der Waals surface area contributed by atoms with Gasteiger partial charge < -0.3 is 4.57 Å². The van der Waals surface area contributed by atoms with E-state index in [0.29, 0.717) is 6.04 Å². The second kappa shape index (κ2) is 7.04. The van der Waals surface area contributed by atoms with E-state index in [4.69, 9.17) is 4.98 Å². The minimum Gasteiger partial charge on any atom is -0.327 e. The SMILES string of the molecule is c1ccc(-c2ncn(C3CCCCCC3)c2-c2ccccc2)cc1. The highest BCUT2D eigenvalue weighted by Crippen LogP contribution is 2.36. The lowest BCUT2D eigenvalue weighted by Crippen LogP contribution is -2.08. The maximum atomic E-state index is 4.83. The number of rotatable bonds is 3. The molecular weight excluding hydrogens is 292 g/mol. The summed E-state index contributed by atoms with van der Waals surface area (Å²) >= 11 is 0. The van der Waals surface area contributed by atoms with Gasteiger partial charge in [0.1, 0.15) is 0 Å².